The molecule has 1 fully saturated rings. The Balaban J connectivity index is 1.72. The number of aliphatic hydroxyl groups excluding tert-OH is 2. The first-order chi connectivity index (χ1) is 18.8. The van der Waals surface area contributed by atoms with Crippen LogP contribution in [0, 0.1) is 0 Å². The second-order valence-electron chi connectivity index (χ2n) is 8.68. The fourth-order valence-electron chi connectivity index (χ4n) is 4.26. The van der Waals surface area contributed by atoms with E-state index in [-0.39, 0.29) is 11.6 Å². The van der Waals surface area contributed by atoms with Crippen molar-refractivity contribution < 1.29 is 14.9 Å². The number of hydrogen-bond donors (Lipinski definition) is 2. The van der Waals surface area contributed by atoms with Gasteiger partial charge in [-0.1, -0.05) is 91.0 Å². The van der Waals surface area contributed by atoms with E-state index in [0.29, 0.717) is 30.2 Å². The smallest absolute Gasteiger partial charge is 0.167 e. The van der Waals surface area contributed by atoms with Gasteiger partial charge < -0.3 is 19.8 Å². The van der Waals surface area contributed by atoms with Crippen molar-refractivity contribution in [3.05, 3.63) is 144 Å². The maximum Gasteiger partial charge on any atom is 0.167 e. The Bertz CT molecular complexity index is 1370. The fraction of sp³-hybridized carbons (Fsp3) is 0.129. The highest BCUT2D eigenvalue weighted by Gasteiger charge is 2.20. The molecule has 5 rings (SSSR count). The molecular weight excluding hydrogens is 476 g/mol. The van der Waals surface area contributed by atoms with Crippen LogP contribution in [0.1, 0.15) is 34.2 Å². The van der Waals surface area contributed by atoms with Crippen LogP contribution >= 0.6 is 0 Å². The number of hydrogen-bond acceptors (Lipinski definition) is 7. The summed E-state index contributed by atoms with van der Waals surface area (Å²) in [5.41, 5.74) is 4.13. The Kier molecular flexibility index (Phi) is 7.86. The fourth-order valence-corrected chi connectivity index (χ4v) is 4.26. The third kappa shape index (κ3) is 5.63. The van der Waals surface area contributed by atoms with E-state index in [1.165, 1.54) is 0 Å². The molecule has 1 aliphatic heterocycles. The van der Waals surface area contributed by atoms with Gasteiger partial charge in [0.25, 0.3) is 0 Å². The monoisotopic (exact) mass is 504 g/mol. The van der Waals surface area contributed by atoms with Crippen molar-refractivity contribution in [1.82, 2.24) is 19.9 Å². The number of ether oxygens (including phenoxy) is 1. The Hall–Kier alpha value is -4.75. The van der Waals surface area contributed by atoms with E-state index < -0.39 is 0 Å². The number of morpholine rings is 1. The zero-order chi connectivity index (χ0) is 26.2. The quantitative estimate of drug-likeness (QED) is 0.322. The average molecular weight is 505 g/mol. The topological polar surface area (TPSA) is 91.6 Å². The molecule has 0 radical (unpaired) electrons. The molecule has 0 bridgehead atoms. The lowest BCUT2D eigenvalue weighted by atomic mass is 10.0. The minimum absolute atomic E-state index is 0.290. The molecule has 0 unspecified atom stereocenters. The summed E-state index contributed by atoms with van der Waals surface area (Å²) < 4.78 is 5.54. The lowest BCUT2D eigenvalue weighted by Crippen LogP contribution is -2.32. The van der Waals surface area contributed by atoms with Crippen molar-refractivity contribution >= 4 is 16.7 Å². The van der Waals surface area contributed by atoms with E-state index in [0.717, 1.165) is 47.9 Å². The van der Waals surface area contributed by atoms with Gasteiger partial charge in [0.05, 0.1) is 36.9 Å². The molecule has 190 valence electrons. The van der Waals surface area contributed by atoms with Gasteiger partial charge in [-0.15, -0.1) is 0 Å². The lowest BCUT2D eigenvalue weighted by molar-refractivity contribution is 0.0596. The second-order valence-corrected chi connectivity index (χ2v) is 8.68. The van der Waals surface area contributed by atoms with Gasteiger partial charge in [-0.05, 0) is 16.7 Å². The van der Waals surface area contributed by atoms with E-state index >= 15 is 0 Å². The van der Waals surface area contributed by atoms with Crippen molar-refractivity contribution in [2.45, 2.75) is 0 Å². The van der Waals surface area contributed by atoms with Gasteiger partial charge >= 0.3 is 0 Å². The van der Waals surface area contributed by atoms with Crippen LogP contribution in [0.15, 0.2) is 110 Å². The average Bonchev–Trinajstić information content (AvgIpc) is 2.99. The molecule has 0 spiro atoms. The second kappa shape index (κ2) is 12.0. The van der Waals surface area contributed by atoms with Gasteiger partial charge in [-0.25, -0.2) is 15.0 Å². The summed E-state index contributed by atoms with van der Waals surface area (Å²) in [4.78, 5) is 16.6. The molecule has 0 aliphatic carbocycles. The summed E-state index contributed by atoms with van der Waals surface area (Å²) in [5.74, 6) is 1.00. The first-order valence-electron chi connectivity index (χ1n) is 12.4. The third-order valence-electron chi connectivity index (χ3n) is 6.23. The molecule has 1 aromatic heterocycles. The molecule has 4 aromatic rings. The molecule has 0 atom stereocenters. The van der Waals surface area contributed by atoms with Gasteiger partial charge in [0.1, 0.15) is 0 Å². The van der Waals surface area contributed by atoms with Gasteiger partial charge in [-0.3, -0.25) is 0 Å². The summed E-state index contributed by atoms with van der Waals surface area (Å²) in [6.45, 7) is 2.78. The highest BCUT2D eigenvalue weighted by molar-refractivity contribution is 5.82. The van der Waals surface area contributed by atoms with Crippen LogP contribution < -0.4 is 0 Å². The molecule has 0 saturated carbocycles. The van der Waals surface area contributed by atoms with Crippen molar-refractivity contribution in [1.29, 1.82) is 0 Å². The Morgan fingerprint density at radius 1 is 0.579 bits per heavy atom. The first-order valence-corrected chi connectivity index (χ1v) is 12.4. The minimum atomic E-state index is 0.290. The molecule has 2 N–H and O–H groups in total. The number of aliphatic hydroxyl groups is 2. The molecule has 38 heavy (non-hydrogen) atoms. The normalized spacial score (nSPS) is 14.9. The molecule has 7 nitrogen and oxygen atoms in total. The summed E-state index contributed by atoms with van der Waals surface area (Å²) in [6, 6.07) is 28.8. The van der Waals surface area contributed by atoms with Gasteiger partial charge in [-0.2, -0.15) is 0 Å². The van der Waals surface area contributed by atoms with Crippen LogP contribution in [0.4, 0.5) is 0 Å². The van der Waals surface area contributed by atoms with E-state index in [4.69, 9.17) is 19.7 Å². The molecule has 7 heteroatoms. The van der Waals surface area contributed by atoms with Crippen LogP contribution in [-0.4, -0.2) is 56.4 Å². The molecular formula is C31H28N4O3. The van der Waals surface area contributed by atoms with Crippen molar-refractivity contribution in [3.8, 4) is 0 Å². The number of benzene rings is 3. The summed E-state index contributed by atoms with van der Waals surface area (Å²) in [7, 11) is 0. The van der Waals surface area contributed by atoms with Crippen molar-refractivity contribution in [2.24, 2.45) is 0 Å². The van der Waals surface area contributed by atoms with Crippen LogP contribution in [0.2, 0.25) is 0 Å². The zero-order valence-electron chi connectivity index (χ0n) is 20.8. The molecule has 1 saturated heterocycles. The maximum atomic E-state index is 10.3. The van der Waals surface area contributed by atoms with Crippen molar-refractivity contribution in [3.63, 3.8) is 0 Å². The number of rotatable bonds is 7. The molecule has 0 amide bonds. The molecule has 2 heterocycles. The van der Waals surface area contributed by atoms with E-state index in [2.05, 4.69) is 11.1 Å². The van der Waals surface area contributed by atoms with Gasteiger partial charge in [0, 0.05) is 24.9 Å². The number of aromatic nitrogens is 3. The summed E-state index contributed by atoms with van der Waals surface area (Å²) >= 11 is 0. The van der Waals surface area contributed by atoms with Crippen LogP contribution in [0.5, 0.6) is 0 Å². The molecule has 3 aromatic carbocycles. The van der Waals surface area contributed by atoms with Gasteiger partial charge in [0.2, 0.25) is 0 Å². The zero-order valence-corrected chi connectivity index (χ0v) is 20.8. The summed E-state index contributed by atoms with van der Waals surface area (Å²) in [6.07, 6.45) is 4.07. The standard InChI is InChI=1S/C31H28N4O3/c36-21-27(24-12-6-2-7-13-24)30-32-29(33-31(34-30)28(22-37)25-14-8-3-9-15-25)26(23-10-4-1-5-11-23)20-35-16-18-38-19-17-35/h1-15,20-22,36-37H,16-19H2/b26-20+,27-21-,28-22-. The SMILES string of the molecule is O/C=C(/c1ccccc1)c1nc(/C(=C\O)c2ccccc2)nc(/C(=C/N2CCOCC2)c2ccccc2)n1. The van der Waals surface area contributed by atoms with E-state index in [9.17, 15) is 10.2 Å². The number of nitrogens with zero attached hydrogens (tertiary/aromatic N) is 4. The predicted molar refractivity (Wildman–Crippen MR) is 148 cm³/mol. The Labute approximate surface area is 221 Å². The summed E-state index contributed by atoms with van der Waals surface area (Å²) in [5, 5.41) is 20.6. The lowest BCUT2D eigenvalue weighted by Gasteiger charge is -2.26. The predicted octanol–water partition coefficient (Wildman–Crippen LogP) is 5.49. The van der Waals surface area contributed by atoms with Crippen LogP contribution in [0.3, 0.4) is 0 Å². The Morgan fingerprint density at radius 3 is 1.34 bits per heavy atom. The van der Waals surface area contributed by atoms with E-state index in [1.54, 1.807) is 0 Å². The van der Waals surface area contributed by atoms with Crippen LogP contribution in [-0.2, 0) is 4.74 Å². The third-order valence-corrected chi connectivity index (χ3v) is 6.23. The highest BCUT2D eigenvalue weighted by Crippen LogP contribution is 2.28. The Morgan fingerprint density at radius 2 is 0.947 bits per heavy atom. The highest BCUT2D eigenvalue weighted by atomic mass is 16.5. The largest absolute Gasteiger partial charge is 0.515 e. The van der Waals surface area contributed by atoms with Crippen LogP contribution in [0.25, 0.3) is 16.7 Å². The minimum Gasteiger partial charge on any atom is -0.515 e. The van der Waals surface area contributed by atoms with Gasteiger partial charge in [0.15, 0.2) is 17.5 Å². The van der Waals surface area contributed by atoms with E-state index in [1.807, 2.05) is 91.0 Å². The van der Waals surface area contributed by atoms with Crippen molar-refractivity contribution in [2.75, 3.05) is 26.3 Å². The molecule has 1 aliphatic rings. The first kappa shape index (κ1) is 24.9. The maximum absolute atomic E-state index is 10.3.